The molecule has 1 fully saturated rings. The van der Waals surface area contributed by atoms with E-state index in [1.165, 1.54) is 24.3 Å². The van der Waals surface area contributed by atoms with Gasteiger partial charge in [0.2, 0.25) is 0 Å². The van der Waals surface area contributed by atoms with Gasteiger partial charge < -0.3 is 42.8 Å². The number of carbonyl (C=O) groups is 3. The van der Waals surface area contributed by atoms with Crippen LogP contribution in [-0.2, 0) is 43.2 Å². The van der Waals surface area contributed by atoms with Gasteiger partial charge in [-0.25, -0.2) is 19.6 Å². The fraction of sp³-hybridized carbons (Fsp3) is 0.400. The lowest BCUT2D eigenvalue weighted by molar-refractivity contribution is -0.153. The Morgan fingerprint density at radius 3 is 1.93 bits per heavy atom. The second kappa shape index (κ2) is 24.0. The third-order valence-corrected chi connectivity index (χ3v) is 15.6. The summed E-state index contributed by atoms with van der Waals surface area (Å²) in [5.74, 6) is -1.73. The molecular weight excluding hydrogens is 966 g/mol. The molecule has 0 aliphatic heterocycles. The van der Waals surface area contributed by atoms with Crippen molar-refractivity contribution in [3.8, 4) is 17.6 Å². The van der Waals surface area contributed by atoms with E-state index in [2.05, 4.69) is 20.3 Å². The number of Topliss-reactive ketones (excluding diaryl/α,β-unsaturated/α-hetero) is 1. The van der Waals surface area contributed by atoms with Crippen LogP contribution in [0.1, 0.15) is 81.1 Å². The summed E-state index contributed by atoms with van der Waals surface area (Å²) < 4.78 is 62.9. The number of benzene rings is 4. The second-order valence-electron chi connectivity index (χ2n) is 19.0. The molecular formula is C55H64N7O11P. The smallest absolute Gasteiger partial charge is 0.317 e. The Labute approximate surface area is 431 Å². The number of aromatic nitrogens is 4. The molecule has 0 radical (unpaired) electrons. The molecule has 1 amide bonds. The lowest BCUT2D eigenvalue weighted by Crippen LogP contribution is -2.43. The van der Waals surface area contributed by atoms with Gasteiger partial charge in [-0.1, -0.05) is 72.8 Å². The number of hydrogen-bond acceptors (Lipinski definition) is 15. The number of esters is 1. The first-order chi connectivity index (χ1) is 35.5. The van der Waals surface area contributed by atoms with E-state index in [1.54, 1.807) is 63.1 Å². The van der Waals surface area contributed by atoms with Crippen LogP contribution in [-0.4, -0.2) is 119 Å². The summed E-state index contributed by atoms with van der Waals surface area (Å²) in [5.41, 5.74) is 0.178. The highest BCUT2D eigenvalue weighted by atomic mass is 31.2. The van der Waals surface area contributed by atoms with Crippen LogP contribution in [0.5, 0.6) is 11.5 Å². The van der Waals surface area contributed by atoms with Crippen LogP contribution in [0.25, 0.3) is 11.2 Å². The average molecular weight is 1030 g/mol. The van der Waals surface area contributed by atoms with E-state index in [4.69, 9.17) is 32.9 Å². The van der Waals surface area contributed by atoms with Crippen molar-refractivity contribution in [2.24, 2.45) is 5.92 Å². The number of anilines is 1. The molecule has 2 aromatic heterocycles. The summed E-state index contributed by atoms with van der Waals surface area (Å²) in [5, 5.41) is 12.4. The number of imidazole rings is 1. The fourth-order valence-corrected chi connectivity index (χ4v) is 12.4. The molecule has 1 aliphatic carbocycles. The molecule has 18 nitrogen and oxygen atoms in total. The molecule has 0 saturated heterocycles. The maximum atomic E-state index is 16.2. The zero-order valence-corrected chi connectivity index (χ0v) is 44.1. The molecule has 390 valence electrons. The first-order valence-electron chi connectivity index (χ1n) is 24.3. The number of ketones is 1. The number of rotatable bonds is 24. The third-order valence-electron chi connectivity index (χ3n) is 12.8. The lowest BCUT2D eigenvalue weighted by Gasteiger charge is -2.40. The van der Waals surface area contributed by atoms with Gasteiger partial charge >= 0.3 is 5.97 Å². The molecule has 1 aliphatic rings. The topological polar surface area (TPSA) is 216 Å². The van der Waals surface area contributed by atoms with Crippen molar-refractivity contribution in [1.29, 1.82) is 5.26 Å². The van der Waals surface area contributed by atoms with Crippen LogP contribution in [0.2, 0.25) is 0 Å². The van der Waals surface area contributed by atoms with E-state index in [1.807, 2.05) is 113 Å². The van der Waals surface area contributed by atoms with Crippen molar-refractivity contribution in [1.82, 2.24) is 24.2 Å². The number of carbonyl (C=O) groups excluding carboxylic acids is 3. The summed E-state index contributed by atoms with van der Waals surface area (Å²) in [6.07, 6.45) is -0.838. The molecule has 7 rings (SSSR count). The fourth-order valence-electron chi connectivity index (χ4n) is 9.61. The van der Waals surface area contributed by atoms with Gasteiger partial charge in [-0.15, -0.1) is 0 Å². The number of amides is 1. The quantitative estimate of drug-likeness (QED) is 0.0259. The van der Waals surface area contributed by atoms with Crippen molar-refractivity contribution < 1.29 is 51.9 Å². The molecule has 1 N–H and O–H groups in total. The Morgan fingerprint density at radius 2 is 1.38 bits per heavy atom. The second-order valence-corrected chi connectivity index (χ2v) is 21.2. The monoisotopic (exact) mass is 1030 g/mol. The third kappa shape index (κ3) is 11.9. The van der Waals surface area contributed by atoms with Crippen LogP contribution < -0.4 is 14.8 Å². The zero-order chi connectivity index (χ0) is 53.2. The van der Waals surface area contributed by atoms with E-state index in [9.17, 15) is 14.9 Å². The number of nitriles is 1. The van der Waals surface area contributed by atoms with E-state index >= 15 is 9.36 Å². The Balaban J connectivity index is 1.43. The number of ether oxygens (including phenoxy) is 6. The average Bonchev–Trinajstić information content (AvgIpc) is 3.91. The number of hydrogen-bond donors (Lipinski definition) is 1. The van der Waals surface area contributed by atoms with Crippen LogP contribution in [0.3, 0.4) is 0 Å². The lowest BCUT2D eigenvalue weighted by atomic mass is 9.79. The minimum Gasteiger partial charge on any atom is -0.497 e. The van der Waals surface area contributed by atoms with Gasteiger partial charge in [0.15, 0.2) is 22.8 Å². The highest BCUT2D eigenvalue weighted by Crippen LogP contribution is 2.58. The standard InChI is InChI=1S/C55H64N7O11P/c1-36(2)62(37(3)4)74(66,33-45(63)72-54(5,6)28-29-56)73-49-44(32-71-55(39-18-14-11-15-19-39,40-20-24-42(68-8)25-21-40)41-22-26-43(69-9)27-23-41)48(64)47(50(49)70-31-30-67-7)61-35-59-46-51(57-34-58-52(46)61)60-53(65)38-16-12-10-13-17-38/h10-27,34-37,44,47,49-50H,28,30-33H2,1-9H3,(H,57,58,60,65). The van der Waals surface area contributed by atoms with Crippen molar-refractivity contribution in [3.63, 3.8) is 0 Å². The van der Waals surface area contributed by atoms with Crippen molar-refractivity contribution >= 4 is 42.2 Å². The number of nitrogens with zero attached hydrogens (tertiary/aromatic N) is 6. The van der Waals surface area contributed by atoms with E-state index in [0.29, 0.717) is 33.8 Å². The summed E-state index contributed by atoms with van der Waals surface area (Å²) in [6.45, 7) is 10.2. The largest absolute Gasteiger partial charge is 0.497 e. The normalized spacial score (nSPS) is 17.9. The molecule has 19 heteroatoms. The van der Waals surface area contributed by atoms with E-state index in [-0.39, 0.29) is 43.2 Å². The SMILES string of the molecule is COCCOC1C(OP(=O)(CC(=O)OC(C)(C)CC#N)N(C(C)C)C(C)C)C(COC(c2ccccc2)(c2ccc(OC)cc2)c2ccc(OC)cc2)C(=O)C1n1cnc2c(NC(=O)c3ccccc3)ncnc21. The van der Waals surface area contributed by atoms with E-state index in [0.717, 1.165) is 0 Å². The minimum atomic E-state index is -4.42. The van der Waals surface area contributed by atoms with Crippen LogP contribution >= 0.6 is 7.52 Å². The summed E-state index contributed by atoms with van der Waals surface area (Å²) in [7, 11) is 0.244. The van der Waals surface area contributed by atoms with Crippen LogP contribution in [0, 0.1) is 17.2 Å². The van der Waals surface area contributed by atoms with Crippen LogP contribution in [0.15, 0.2) is 122 Å². The van der Waals surface area contributed by atoms with Crippen molar-refractivity contribution in [2.75, 3.05) is 52.6 Å². The molecule has 4 aromatic carbocycles. The molecule has 6 aromatic rings. The summed E-state index contributed by atoms with van der Waals surface area (Å²) in [4.78, 5) is 57.1. The molecule has 0 spiro atoms. The molecule has 5 unspecified atom stereocenters. The maximum absolute atomic E-state index is 16.2. The Kier molecular flexibility index (Phi) is 17.8. The number of methoxy groups -OCH3 is 3. The summed E-state index contributed by atoms with van der Waals surface area (Å²) >= 11 is 0. The minimum absolute atomic E-state index is 0.0448. The van der Waals surface area contributed by atoms with Gasteiger partial charge in [-0.3, -0.25) is 18.9 Å². The number of nitrogens with one attached hydrogen (secondary N) is 1. The molecule has 5 atom stereocenters. The molecule has 0 bridgehead atoms. The molecule has 74 heavy (non-hydrogen) atoms. The maximum Gasteiger partial charge on any atom is 0.317 e. The van der Waals surface area contributed by atoms with E-state index < -0.39 is 78.8 Å². The van der Waals surface area contributed by atoms with Gasteiger partial charge in [-0.2, -0.15) is 5.26 Å². The highest BCUT2D eigenvalue weighted by Gasteiger charge is 2.57. The van der Waals surface area contributed by atoms with Gasteiger partial charge in [0.05, 0.1) is 58.8 Å². The van der Waals surface area contributed by atoms with Crippen molar-refractivity contribution in [2.45, 2.75) is 89.5 Å². The van der Waals surface area contributed by atoms with Gasteiger partial charge in [0, 0.05) is 24.8 Å². The van der Waals surface area contributed by atoms with Gasteiger partial charge in [0.1, 0.15) is 53.4 Å². The number of fused-ring (bicyclic) bond motifs is 1. The first kappa shape index (κ1) is 54.9. The zero-order valence-electron chi connectivity index (χ0n) is 43.2. The summed E-state index contributed by atoms with van der Waals surface area (Å²) in [6, 6.07) is 32.9. The van der Waals surface area contributed by atoms with Crippen LogP contribution in [0.4, 0.5) is 5.82 Å². The Morgan fingerprint density at radius 1 is 0.797 bits per heavy atom. The predicted octanol–water partition coefficient (Wildman–Crippen LogP) is 8.81. The van der Waals surface area contributed by atoms with Gasteiger partial charge in [0.25, 0.3) is 13.4 Å². The molecule has 2 heterocycles. The molecule has 1 saturated carbocycles. The predicted molar refractivity (Wildman–Crippen MR) is 277 cm³/mol. The Hall–Kier alpha value is -6.84. The highest BCUT2D eigenvalue weighted by molar-refractivity contribution is 7.57. The Bertz CT molecular complexity index is 2890. The first-order valence-corrected chi connectivity index (χ1v) is 26.1. The van der Waals surface area contributed by atoms with Gasteiger partial charge in [-0.05, 0) is 94.6 Å². The van der Waals surface area contributed by atoms with Crippen molar-refractivity contribution in [3.05, 3.63) is 144 Å².